The number of rotatable bonds is 16. The third kappa shape index (κ3) is 29.9. The van der Waals surface area contributed by atoms with Gasteiger partial charge in [-0.05, 0) is 25.7 Å². The van der Waals surface area contributed by atoms with Gasteiger partial charge < -0.3 is 42.9 Å². The molecule has 0 aliphatic carbocycles. The molecule has 0 aliphatic rings. The van der Waals surface area contributed by atoms with Crippen molar-refractivity contribution in [1.29, 1.82) is 0 Å². The van der Waals surface area contributed by atoms with Crippen LogP contribution < -0.4 is 34.0 Å². The molecule has 0 aliphatic heterocycles. The SMILES string of the molecule is C[N+](C)(C)CCCCCCCCCCCCCCC[N+](C)(C)C.[Br-].[Br-]. The van der Waals surface area contributed by atoms with Crippen molar-refractivity contribution < 1.29 is 42.9 Å². The van der Waals surface area contributed by atoms with Crippen LogP contribution in [0.1, 0.15) is 83.5 Å². The van der Waals surface area contributed by atoms with Gasteiger partial charge in [-0.15, -0.1) is 0 Å². The Hall–Kier alpha value is 0.880. The molecule has 0 fully saturated rings. The first kappa shape index (κ1) is 30.6. The standard InChI is InChI=1S/C21H48N2.2BrH/c1-22(2,3)20-18-16-14-12-10-8-7-9-11-13-15-17-19-21-23(4,5)6;;/h7-21H2,1-6H3;2*1H/q+2;;/p-2. The van der Waals surface area contributed by atoms with Crippen molar-refractivity contribution in [3.63, 3.8) is 0 Å². The Morgan fingerprint density at radius 3 is 0.640 bits per heavy atom. The van der Waals surface area contributed by atoms with E-state index in [4.69, 9.17) is 0 Å². The predicted octanol–water partition coefficient (Wildman–Crippen LogP) is -0.522. The maximum atomic E-state index is 2.30. The number of quaternary nitrogens is 2. The molecule has 0 aromatic carbocycles. The maximum Gasteiger partial charge on any atom is 0.0780 e. The highest BCUT2D eigenvalue weighted by atomic mass is 79.9. The Labute approximate surface area is 181 Å². The van der Waals surface area contributed by atoms with Gasteiger partial charge in [0.1, 0.15) is 0 Å². The van der Waals surface area contributed by atoms with E-state index in [1.807, 2.05) is 0 Å². The molecule has 0 aromatic heterocycles. The Kier molecular flexibility index (Phi) is 22.3. The molecule has 0 saturated heterocycles. The Bertz CT molecular complexity index is 232. The zero-order chi connectivity index (χ0) is 17.6. The fourth-order valence-electron chi connectivity index (χ4n) is 3.12. The number of nitrogens with zero attached hydrogens (tertiary/aromatic N) is 2. The lowest BCUT2D eigenvalue weighted by Gasteiger charge is -2.23. The molecule has 0 heterocycles. The number of hydrogen-bond acceptors (Lipinski definition) is 0. The summed E-state index contributed by atoms with van der Waals surface area (Å²) in [6.07, 6.45) is 18.8. The molecule has 0 aromatic rings. The molecule has 0 radical (unpaired) electrons. The van der Waals surface area contributed by atoms with Crippen LogP contribution in [0, 0.1) is 0 Å². The normalized spacial score (nSPS) is 11.8. The van der Waals surface area contributed by atoms with E-state index in [2.05, 4.69) is 42.3 Å². The monoisotopic (exact) mass is 486 g/mol. The van der Waals surface area contributed by atoms with E-state index in [0.29, 0.717) is 0 Å². The average Bonchev–Trinajstić information content (AvgIpc) is 2.40. The summed E-state index contributed by atoms with van der Waals surface area (Å²) in [6, 6.07) is 0. The molecule has 0 atom stereocenters. The van der Waals surface area contributed by atoms with Crippen molar-refractivity contribution in [2.24, 2.45) is 0 Å². The van der Waals surface area contributed by atoms with E-state index in [0.717, 1.165) is 8.97 Å². The Balaban J connectivity index is -0.00000242. The molecule has 0 bridgehead atoms. The zero-order valence-corrected chi connectivity index (χ0v) is 21.4. The molecule has 25 heavy (non-hydrogen) atoms. The lowest BCUT2D eigenvalue weighted by atomic mass is 10.0. The Morgan fingerprint density at radius 1 is 0.320 bits per heavy atom. The van der Waals surface area contributed by atoms with Gasteiger partial charge in [0.05, 0.1) is 55.4 Å². The van der Waals surface area contributed by atoms with E-state index >= 15 is 0 Å². The van der Waals surface area contributed by atoms with Gasteiger partial charge >= 0.3 is 0 Å². The summed E-state index contributed by atoms with van der Waals surface area (Å²) in [4.78, 5) is 0. The second kappa shape index (κ2) is 18.3. The number of halogens is 2. The smallest absolute Gasteiger partial charge is 0.0780 e. The number of unbranched alkanes of at least 4 members (excludes halogenated alkanes) is 12. The summed E-state index contributed by atoms with van der Waals surface area (Å²) in [5.41, 5.74) is 0. The summed E-state index contributed by atoms with van der Waals surface area (Å²) < 4.78 is 2.24. The molecule has 0 saturated carbocycles. The highest BCUT2D eigenvalue weighted by molar-refractivity contribution is 4.49. The summed E-state index contributed by atoms with van der Waals surface area (Å²) in [6.45, 7) is 2.66. The Morgan fingerprint density at radius 2 is 0.480 bits per heavy atom. The predicted molar refractivity (Wildman–Crippen MR) is 106 cm³/mol. The molecule has 2 nitrogen and oxygen atoms in total. The second-order valence-corrected chi connectivity index (χ2v) is 9.62. The zero-order valence-electron chi connectivity index (χ0n) is 18.3. The van der Waals surface area contributed by atoms with Crippen LogP contribution in [0.25, 0.3) is 0 Å². The topological polar surface area (TPSA) is 0 Å². The van der Waals surface area contributed by atoms with Gasteiger partial charge in [-0.25, -0.2) is 0 Å². The quantitative estimate of drug-likeness (QED) is 0.203. The highest BCUT2D eigenvalue weighted by Crippen LogP contribution is 2.13. The molecule has 0 spiro atoms. The van der Waals surface area contributed by atoms with Gasteiger partial charge in [0.25, 0.3) is 0 Å². The number of hydrogen-bond donors (Lipinski definition) is 0. The minimum Gasteiger partial charge on any atom is -1.00 e. The van der Waals surface area contributed by atoms with E-state index < -0.39 is 0 Å². The third-order valence-corrected chi connectivity index (χ3v) is 4.66. The van der Waals surface area contributed by atoms with E-state index in [1.54, 1.807) is 0 Å². The van der Waals surface area contributed by atoms with Crippen molar-refractivity contribution >= 4 is 0 Å². The van der Waals surface area contributed by atoms with Crippen LogP contribution in [0.5, 0.6) is 0 Å². The molecule has 0 unspecified atom stereocenters. The summed E-state index contributed by atoms with van der Waals surface area (Å²) in [7, 11) is 13.8. The largest absolute Gasteiger partial charge is 1.00 e. The molecule has 0 N–H and O–H groups in total. The van der Waals surface area contributed by atoms with E-state index in [9.17, 15) is 0 Å². The third-order valence-electron chi connectivity index (χ3n) is 4.66. The lowest BCUT2D eigenvalue weighted by molar-refractivity contribution is -0.870. The van der Waals surface area contributed by atoms with Crippen molar-refractivity contribution in [2.45, 2.75) is 83.5 Å². The maximum absolute atomic E-state index is 2.30. The minimum absolute atomic E-state index is 0. The fourth-order valence-corrected chi connectivity index (χ4v) is 3.12. The first-order chi connectivity index (χ1) is 10.7. The molecular weight excluding hydrogens is 440 g/mol. The van der Waals surface area contributed by atoms with Crippen LogP contribution in [-0.4, -0.2) is 64.3 Å². The second-order valence-electron chi connectivity index (χ2n) is 9.62. The van der Waals surface area contributed by atoms with Crippen molar-refractivity contribution in [1.82, 2.24) is 0 Å². The molecule has 4 heteroatoms. The highest BCUT2D eigenvalue weighted by Gasteiger charge is 2.05. The van der Waals surface area contributed by atoms with Crippen LogP contribution in [0.3, 0.4) is 0 Å². The van der Waals surface area contributed by atoms with Crippen LogP contribution in [-0.2, 0) is 0 Å². The lowest BCUT2D eigenvalue weighted by Crippen LogP contribution is -3.00. The van der Waals surface area contributed by atoms with E-state index in [-0.39, 0.29) is 34.0 Å². The molecule has 0 amide bonds. The van der Waals surface area contributed by atoms with E-state index in [1.165, 1.54) is 96.6 Å². The molecular formula is C21H48Br2N2. The van der Waals surface area contributed by atoms with Crippen LogP contribution in [0.15, 0.2) is 0 Å². The summed E-state index contributed by atoms with van der Waals surface area (Å²) >= 11 is 0. The van der Waals surface area contributed by atoms with Crippen LogP contribution in [0.4, 0.5) is 0 Å². The van der Waals surface area contributed by atoms with Crippen molar-refractivity contribution in [3.8, 4) is 0 Å². The van der Waals surface area contributed by atoms with Crippen LogP contribution >= 0.6 is 0 Å². The van der Waals surface area contributed by atoms with Gasteiger partial charge in [-0.2, -0.15) is 0 Å². The summed E-state index contributed by atoms with van der Waals surface area (Å²) in [5, 5.41) is 0. The fraction of sp³-hybridized carbons (Fsp3) is 1.00. The summed E-state index contributed by atoms with van der Waals surface area (Å²) in [5.74, 6) is 0. The van der Waals surface area contributed by atoms with Crippen LogP contribution in [0.2, 0.25) is 0 Å². The van der Waals surface area contributed by atoms with Gasteiger partial charge in [0, 0.05) is 0 Å². The van der Waals surface area contributed by atoms with Gasteiger partial charge in [0.2, 0.25) is 0 Å². The first-order valence-corrected chi connectivity index (χ1v) is 10.3. The molecule has 156 valence electrons. The first-order valence-electron chi connectivity index (χ1n) is 10.3. The van der Waals surface area contributed by atoms with Crippen molar-refractivity contribution in [3.05, 3.63) is 0 Å². The van der Waals surface area contributed by atoms with Gasteiger partial charge in [0.15, 0.2) is 0 Å². The average molecular weight is 488 g/mol. The van der Waals surface area contributed by atoms with Gasteiger partial charge in [-0.3, -0.25) is 0 Å². The molecule has 0 rings (SSSR count). The minimum atomic E-state index is 0. The van der Waals surface area contributed by atoms with Gasteiger partial charge in [-0.1, -0.05) is 57.8 Å². The van der Waals surface area contributed by atoms with Crippen molar-refractivity contribution in [2.75, 3.05) is 55.4 Å².